The molecule has 27 heavy (non-hydrogen) atoms. The average Bonchev–Trinajstić information content (AvgIpc) is 2.69. The molecule has 4 nitrogen and oxygen atoms in total. The number of carbonyl (C=O) groups is 1. The lowest BCUT2D eigenvalue weighted by atomic mass is 9.99. The van der Waals surface area contributed by atoms with Crippen LogP contribution < -0.4 is 10.1 Å². The molecule has 0 radical (unpaired) electrons. The largest absolute Gasteiger partial charge is 0.484 e. The van der Waals surface area contributed by atoms with E-state index in [1.54, 1.807) is 0 Å². The molecule has 0 aromatic heterocycles. The van der Waals surface area contributed by atoms with Crippen molar-refractivity contribution >= 4 is 28.8 Å². The van der Waals surface area contributed by atoms with Gasteiger partial charge in [-0.25, -0.2) is 4.39 Å². The number of benzene rings is 2. The van der Waals surface area contributed by atoms with Crippen molar-refractivity contribution in [2.75, 3.05) is 25.0 Å². The summed E-state index contributed by atoms with van der Waals surface area (Å²) in [5.41, 5.74) is 1.52. The van der Waals surface area contributed by atoms with Crippen molar-refractivity contribution in [2.45, 2.75) is 19.8 Å². The van der Waals surface area contributed by atoms with Gasteiger partial charge < -0.3 is 15.0 Å². The van der Waals surface area contributed by atoms with Crippen LogP contribution in [0.5, 0.6) is 5.75 Å². The van der Waals surface area contributed by atoms with Crippen LogP contribution in [-0.4, -0.2) is 35.5 Å². The lowest BCUT2D eigenvalue weighted by molar-refractivity contribution is -0.118. The van der Waals surface area contributed by atoms with Crippen LogP contribution in [0.2, 0.25) is 0 Å². The molecule has 0 atom stereocenters. The molecule has 142 valence electrons. The van der Waals surface area contributed by atoms with Crippen LogP contribution in [0.4, 0.5) is 10.1 Å². The SMILES string of the molecule is CC1CCN(C(=S)c2ccc(OCC(=O)Nc3ccc(F)cc3)cc2)CC1. The molecule has 1 N–H and O–H groups in total. The molecule has 0 spiro atoms. The van der Waals surface area contributed by atoms with Crippen molar-refractivity contribution in [2.24, 2.45) is 5.92 Å². The first kappa shape index (κ1) is 19.3. The van der Waals surface area contributed by atoms with E-state index in [4.69, 9.17) is 17.0 Å². The number of likely N-dealkylation sites (tertiary alicyclic amines) is 1. The number of anilines is 1. The second kappa shape index (κ2) is 8.95. The highest BCUT2D eigenvalue weighted by molar-refractivity contribution is 7.80. The normalized spacial score (nSPS) is 14.7. The van der Waals surface area contributed by atoms with Gasteiger partial charge in [-0.3, -0.25) is 4.79 Å². The first-order valence-electron chi connectivity index (χ1n) is 9.09. The highest BCUT2D eigenvalue weighted by Gasteiger charge is 2.18. The molecule has 1 fully saturated rings. The Morgan fingerprint density at radius 2 is 1.78 bits per heavy atom. The number of thiocarbonyl (C=S) groups is 1. The zero-order valence-electron chi connectivity index (χ0n) is 15.3. The fourth-order valence-corrected chi connectivity index (χ4v) is 3.29. The summed E-state index contributed by atoms with van der Waals surface area (Å²) in [5, 5.41) is 2.66. The predicted molar refractivity (Wildman–Crippen MR) is 109 cm³/mol. The number of amides is 1. The molecule has 0 saturated carbocycles. The Bertz CT molecular complexity index is 785. The fraction of sp³-hybridized carbons (Fsp3) is 0.333. The first-order valence-corrected chi connectivity index (χ1v) is 9.49. The lowest BCUT2D eigenvalue weighted by Crippen LogP contribution is -2.37. The van der Waals surface area contributed by atoms with E-state index in [1.807, 2.05) is 24.3 Å². The van der Waals surface area contributed by atoms with Gasteiger partial charge in [-0.2, -0.15) is 0 Å². The molecular weight excluding hydrogens is 363 g/mol. The number of rotatable bonds is 5. The molecule has 6 heteroatoms. The van der Waals surface area contributed by atoms with E-state index in [1.165, 1.54) is 37.1 Å². The van der Waals surface area contributed by atoms with E-state index in [9.17, 15) is 9.18 Å². The van der Waals surface area contributed by atoms with Crippen molar-refractivity contribution < 1.29 is 13.9 Å². The number of carbonyl (C=O) groups excluding carboxylic acids is 1. The molecular formula is C21H23FN2O2S. The third-order valence-corrected chi connectivity index (χ3v) is 5.16. The maximum Gasteiger partial charge on any atom is 0.262 e. The van der Waals surface area contributed by atoms with E-state index < -0.39 is 0 Å². The highest BCUT2D eigenvalue weighted by atomic mass is 32.1. The van der Waals surface area contributed by atoms with Crippen LogP contribution in [0.1, 0.15) is 25.3 Å². The van der Waals surface area contributed by atoms with E-state index in [0.29, 0.717) is 11.4 Å². The Hall–Kier alpha value is -2.47. The molecule has 0 aliphatic carbocycles. The summed E-state index contributed by atoms with van der Waals surface area (Å²) in [6.07, 6.45) is 2.34. The van der Waals surface area contributed by atoms with Gasteiger partial charge in [-0.1, -0.05) is 19.1 Å². The van der Waals surface area contributed by atoms with E-state index >= 15 is 0 Å². The van der Waals surface area contributed by atoms with Gasteiger partial charge in [0, 0.05) is 24.3 Å². The van der Waals surface area contributed by atoms with Gasteiger partial charge in [-0.05, 0) is 67.3 Å². The number of piperidine rings is 1. The summed E-state index contributed by atoms with van der Waals surface area (Å²) in [6.45, 7) is 4.16. The van der Waals surface area contributed by atoms with Crippen LogP contribution in [0.15, 0.2) is 48.5 Å². The maximum atomic E-state index is 12.9. The van der Waals surface area contributed by atoms with Gasteiger partial charge in [-0.15, -0.1) is 0 Å². The van der Waals surface area contributed by atoms with Crippen molar-refractivity contribution in [1.29, 1.82) is 0 Å². The maximum absolute atomic E-state index is 12.9. The fourth-order valence-electron chi connectivity index (χ4n) is 2.97. The van der Waals surface area contributed by atoms with Crippen LogP contribution in [0.3, 0.4) is 0 Å². The second-order valence-electron chi connectivity index (χ2n) is 6.84. The van der Waals surface area contributed by atoms with Crippen LogP contribution in [-0.2, 0) is 4.79 Å². The second-order valence-corrected chi connectivity index (χ2v) is 7.23. The van der Waals surface area contributed by atoms with E-state index in [0.717, 1.165) is 29.6 Å². The summed E-state index contributed by atoms with van der Waals surface area (Å²) in [6, 6.07) is 13.1. The summed E-state index contributed by atoms with van der Waals surface area (Å²) < 4.78 is 18.4. The quantitative estimate of drug-likeness (QED) is 0.780. The molecule has 1 saturated heterocycles. The molecule has 0 bridgehead atoms. The molecule has 1 aliphatic heterocycles. The van der Waals surface area contributed by atoms with Gasteiger partial charge in [0.05, 0.1) is 0 Å². The Labute approximate surface area is 164 Å². The predicted octanol–water partition coefficient (Wildman–Crippen LogP) is 4.25. The third-order valence-electron chi connectivity index (χ3n) is 4.67. The molecule has 3 rings (SSSR count). The molecule has 1 heterocycles. The zero-order chi connectivity index (χ0) is 19.2. The van der Waals surface area contributed by atoms with Gasteiger partial charge >= 0.3 is 0 Å². The number of ether oxygens (including phenoxy) is 1. The number of hydrogen-bond acceptors (Lipinski definition) is 3. The molecule has 1 amide bonds. The van der Waals surface area contributed by atoms with Gasteiger partial charge in [0.1, 0.15) is 16.6 Å². The van der Waals surface area contributed by atoms with Crippen LogP contribution in [0, 0.1) is 11.7 Å². The molecule has 2 aromatic rings. The molecule has 0 unspecified atom stereocenters. The van der Waals surface area contributed by atoms with Crippen LogP contribution >= 0.6 is 12.2 Å². The van der Waals surface area contributed by atoms with E-state index in [-0.39, 0.29) is 18.3 Å². The highest BCUT2D eigenvalue weighted by Crippen LogP contribution is 2.20. The van der Waals surface area contributed by atoms with Crippen molar-refractivity contribution in [1.82, 2.24) is 4.90 Å². The number of nitrogens with zero attached hydrogens (tertiary/aromatic N) is 1. The Morgan fingerprint density at radius 3 is 2.41 bits per heavy atom. The Kier molecular flexibility index (Phi) is 6.40. The van der Waals surface area contributed by atoms with Gasteiger partial charge in [0.25, 0.3) is 5.91 Å². The minimum atomic E-state index is -0.346. The molecule has 2 aromatic carbocycles. The van der Waals surface area contributed by atoms with Crippen LogP contribution in [0.25, 0.3) is 0 Å². The first-order chi connectivity index (χ1) is 13.0. The summed E-state index contributed by atoms with van der Waals surface area (Å²) >= 11 is 5.60. The number of hydrogen-bond donors (Lipinski definition) is 1. The van der Waals surface area contributed by atoms with Crippen molar-refractivity contribution in [3.63, 3.8) is 0 Å². The van der Waals surface area contributed by atoms with Crippen molar-refractivity contribution in [3.8, 4) is 5.75 Å². The summed E-state index contributed by atoms with van der Waals surface area (Å²) in [7, 11) is 0. The summed E-state index contributed by atoms with van der Waals surface area (Å²) in [4.78, 5) is 15.0. The standard InChI is InChI=1S/C21H23FN2O2S/c1-15-10-12-24(13-11-15)21(27)16-2-8-19(9-3-16)26-14-20(25)23-18-6-4-17(22)5-7-18/h2-9,15H,10-14H2,1H3,(H,23,25). The summed E-state index contributed by atoms with van der Waals surface area (Å²) in [5.74, 6) is 0.717. The zero-order valence-corrected chi connectivity index (χ0v) is 16.1. The lowest BCUT2D eigenvalue weighted by Gasteiger charge is -2.32. The van der Waals surface area contributed by atoms with Gasteiger partial charge in [0.2, 0.25) is 0 Å². The minimum absolute atomic E-state index is 0.120. The van der Waals surface area contributed by atoms with Gasteiger partial charge in [0.15, 0.2) is 6.61 Å². The number of nitrogens with one attached hydrogen (secondary N) is 1. The Morgan fingerprint density at radius 1 is 1.15 bits per heavy atom. The van der Waals surface area contributed by atoms with Crippen molar-refractivity contribution in [3.05, 3.63) is 59.9 Å². The third kappa shape index (κ3) is 5.50. The topological polar surface area (TPSA) is 41.6 Å². The minimum Gasteiger partial charge on any atom is -0.484 e. The van der Waals surface area contributed by atoms with E-state index in [2.05, 4.69) is 17.1 Å². The monoisotopic (exact) mass is 386 g/mol. The number of halogens is 1. The Balaban J connectivity index is 1.49. The average molecular weight is 386 g/mol. The smallest absolute Gasteiger partial charge is 0.262 e. The molecule has 1 aliphatic rings.